The molecule has 2 aliphatic rings. The number of carbonyl (C=O) groups excluding carboxylic acids is 1. The number of likely N-dealkylation sites (tertiary alicyclic amines) is 1. The van der Waals surface area contributed by atoms with Gasteiger partial charge in [-0.2, -0.15) is 5.10 Å². The highest BCUT2D eigenvalue weighted by molar-refractivity contribution is 5.80. The summed E-state index contributed by atoms with van der Waals surface area (Å²) < 4.78 is 2.10. The van der Waals surface area contributed by atoms with Gasteiger partial charge in [-0.25, -0.2) is 4.68 Å². The Kier molecular flexibility index (Phi) is 5.83. The van der Waals surface area contributed by atoms with E-state index >= 15 is 0 Å². The standard InChI is InChI=1S/C22H30N6O/c1-16(29)27-13-11-17(12-14-27)25-22(23-2)24-15-20-19-9-6-10-21(19)28(26-20)18-7-4-3-5-8-18/h3-5,7-8,17H,6,9-15H2,1-2H3,(H2,23,24,25). The van der Waals surface area contributed by atoms with Gasteiger partial charge in [-0.1, -0.05) is 18.2 Å². The van der Waals surface area contributed by atoms with Gasteiger partial charge in [0.2, 0.25) is 5.91 Å². The molecular formula is C22H30N6O. The van der Waals surface area contributed by atoms with E-state index in [1.54, 1.807) is 14.0 Å². The number of carbonyl (C=O) groups is 1. The zero-order chi connectivity index (χ0) is 20.2. The summed E-state index contributed by atoms with van der Waals surface area (Å²) in [4.78, 5) is 17.8. The van der Waals surface area contributed by atoms with Gasteiger partial charge in [0, 0.05) is 38.8 Å². The van der Waals surface area contributed by atoms with Gasteiger partial charge in [0.1, 0.15) is 0 Å². The molecule has 7 nitrogen and oxygen atoms in total. The predicted octanol–water partition coefficient (Wildman–Crippen LogP) is 2.04. The van der Waals surface area contributed by atoms with Crippen molar-refractivity contribution in [2.45, 2.75) is 51.6 Å². The molecule has 0 bridgehead atoms. The highest BCUT2D eigenvalue weighted by Crippen LogP contribution is 2.27. The van der Waals surface area contributed by atoms with E-state index in [0.717, 1.165) is 56.1 Å². The fourth-order valence-electron chi connectivity index (χ4n) is 4.33. The van der Waals surface area contributed by atoms with Crippen molar-refractivity contribution in [3.8, 4) is 5.69 Å². The van der Waals surface area contributed by atoms with Crippen LogP contribution < -0.4 is 10.6 Å². The molecule has 0 atom stereocenters. The third kappa shape index (κ3) is 4.28. The first-order valence-electron chi connectivity index (χ1n) is 10.5. The molecule has 1 aromatic carbocycles. The van der Waals surface area contributed by atoms with Crippen molar-refractivity contribution in [1.82, 2.24) is 25.3 Å². The molecule has 1 fully saturated rings. The van der Waals surface area contributed by atoms with Gasteiger partial charge in [0.05, 0.1) is 17.9 Å². The highest BCUT2D eigenvalue weighted by atomic mass is 16.2. The van der Waals surface area contributed by atoms with E-state index in [1.807, 2.05) is 11.0 Å². The summed E-state index contributed by atoms with van der Waals surface area (Å²) >= 11 is 0. The van der Waals surface area contributed by atoms with Crippen LogP contribution in [-0.4, -0.2) is 52.7 Å². The second-order valence-electron chi connectivity index (χ2n) is 7.82. The van der Waals surface area contributed by atoms with E-state index in [-0.39, 0.29) is 5.91 Å². The molecule has 4 rings (SSSR count). The Morgan fingerprint density at radius 1 is 1.21 bits per heavy atom. The van der Waals surface area contributed by atoms with Crippen LogP contribution in [0.4, 0.5) is 0 Å². The molecule has 1 aliphatic carbocycles. The fraction of sp³-hybridized carbons (Fsp3) is 0.500. The quantitative estimate of drug-likeness (QED) is 0.615. The van der Waals surface area contributed by atoms with Gasteiger partial charge in [0.25, 0.3) is 0 Å². The first kappa shape index (κ1) is 19.5. The Morgan fingerprint density at radius 2 is 1.97 bits per heavy atom. The van der Waals surface area contributed by atoms with Gasteiger partial charge in [-0.15, -0.1) is 0 Å². The molecule has 29 heavy (non-hydrogen) atoms. The number of guanidine groups is 1. The van der Waals surface area contributed by atoms with E-state index < -0.39 is 0 Å². The average Bonchev–Trinajstić information content (AvgIpc) is 3.35. The van der Waals surface area contributed by atoms with Gasteiger partial charge in [-0.3, -0.25) is 9.79 Å². The monoisotopic (exact) mass is 394 g/mol. The molecular weight excluding hydrogens is 364 g/mol. The number of hydrogen-bond acceptors (Lipinski definition) is 3. The number of fused-ring (bicyclic) bond motifs is 1. The third-order valence-corrected chi connectivity index (χ3v) is 5.94. The summed E-state index contributed by atoms with van der Waals surface area (Å²) in [5.74, 6) is 0.959. The lowest BCUT2D eigenvalue weighted by Gasteiger charge is -2.32. The second-order valence-corrected chi connectivity index (χ2v) is 7.82. The molecule has 0 unspecified atom stereocenters. The number of benzene rings is 1. The molecule has 2 aromatic rings. The van der Waals surface area contributed by atoms with Crippen LogP contribution in [0.3, 0.4) is 0 Å². The van der Waals surface area contributed by atoms with E-state index in [1.165, 1.54) is 17.7 Å². The minimum Gasteiger partial charge on any atom is -0.354 e. The zero-order valence-electron chi connectivity index (χ0n) is 17.3. The maximum absolute atomic E-state index is 11.5. The van der Waals surface area contributed by atoms with Crippen LogP contribution >= 0.6 is 0 Å². The first-order valence-corrected chi connectivity index (χ1v) is 10.5. The lowest BCUT2D eigenvalue weighted by molar-refractivity contribution is -0.129. The molecule has 154 valence electrons. The van der Waals surface area contributed by atoms with Crippen LogP contribution in [0.1, 0.15) is 43.1 Å². The summed E-state index contributed by atoms with van der Waals surface area (Å²) in [6.45, 7) is 3.91. The average molecular weight is 395 g/mol. The minimum absolute atomic E-state index is 0.161. The van der Waals surface area contributed by atoms with E-state index in [9.17, 15) is 4.79 Å². The smallest absolute Gasteiger partial charge is 0.219 e. The maximum Gasteiger partial charge on any atom is 0.219 e. The predicted molar refractivity (Wildman–Crippen MR) is 114 cm³/mol. The molecule has 1 aliphatic heterocycles. The lowest BCUT2D eigenvalue weighted by Crippen LogP contribution is -2.49. The van der Waals surface area contributed by atoms with Crippen molar-refractivity contribution >= 4 is 11.9 Å². The van der Waals surface area contributed by atoms with Crippen LogP contribution in [0.2, 0.25) is 0 Å². The Hall–Kier alpha value is -2.83. The molecule has 0 radical (unpaired) electrons. The number of amides is 1. The number of hydrogen-bond donors (Lipinski definition) is 2. The van der Waals surface area contributed by atoms with E-state index in [4.69, 9.17) is 5.10 Å². The van der Waals surface area contributed by atoms with Crippen molar-refractivity contribution in [3.63, 3.8) is 0 Å². The van der Waals surface area contributed by atoms with E-state index in [0.29, 0.717) is 12.6 Å². The number of aromatic nitrogens is 2. The number of para-hydroxylation sites is 1. The minimum atomic E-state index is 0.161. The highest BCUT2D eigenvalue weighted by Gasteiger charge is 2.24. The van der Waals surface area contributed by atoms with Crippen LogP contribution in [0, 0.1) is 0 Å². The summed E-state index contributed by atoms with van der Waals surface area (Å²) in [5.41, 5.74) is 4.95. The van der Waals surface area contributed by atoms with Crippen molar-refractivity contribution in [3.05, 3.63) is 47.3 Å². The summed E-state index contributed by atoms with van der Waals surface area (Å²) in [6.07, 6.45) is 5.25. The number of nitrogens with zero attached hydrogens (tertiary/aromatic N) is 4. The molecule has 1 saturated heterocycles. The molecule has 0 saturated carbocycles. The van der Waals surface area contributed by atoms with Crippen molar-refractivity contribution < 1.29 is 4.79 Å². The molecule has 0 spiro atoms. The molecule has 7 heteroatoms. The number of aliphatic imine (C=N–C) groups is 1. The van der Waals surface area contributed by atoms with Gasteiger partial charge in [-0.05, 0) is 49.8 Å². The third-order valence-electron chi connectivity index (χ3n) is 5.94. The van der Waals surface area contributed by atoms with Crippen LogP contribution in [0.5, 0.6) is 0 Å². The lowest BCUT2D eigenvalue weighted by atomic mass is 10.1. The molecule has 1 amide bonds. The second kappa shape index (κ2) is 8.68. The zero-order valence-corrected chi connectivity index (χ0v) is 17.3. The Balaban J connectivity index is 1.39. The number of rotatable bonds is 4. The Bertz CT molecular complexity index is 880. The topological polar surface area (TPSA) is 74.6 Å². The molecule has 2 N–H and O–H groups in total. The van der Waals surface area contributed by atoms with Crippen LogP contribution in [0.15, 0.2) is 35.3 Å². The SMILES string of the molecule is CN=C(NCc1nn(-c2ccccc2)c2c1CCC2)NC1CCN(C(C)=O)CC1. The Morgan fingerprint density at radius 3 is 2.66 bits per heavy atom. The Labute approximate surface area is 172 Å². The van der Waals surface area contributed by atoms with Gasteiger partial charge < -0.3 is 15.5 Å². The van der Waals surface area contributed by atoms with E-state index in [2.05, 4.69) is 44.6 Å². The first-order chi connectivity index (χ1) is 14.2. The summed E-state index contributed by atoms with van der Waals surface area (Å²) in [7, 11) is 1.80. The van der Waals surface area contributed by atoms with Crippen molar-refractivity contribution in [2.75, 3.05) is 20.1 Å². The number of piperidine rings is 1. The fourth-order valence-corrected chi connectivity index (χ4v) is 4.33. The summed E-state index contributed by atoms with van der Waals surface area (Å²) in [6, 6.07) is 10.7. The van der Waals surface area contributed by atoms with Crippen LogP contribution in [-0.2, 0) is 24.2 Å². The maximum atomic E-state index is 11.5. The molecule has 1 aromatic heterocycles. The van der Waals surface area contributed by atoms with Crippen molar-refractivity contribution in [1.29, 1.82) is 0 Å². The number of nitrogens with one attached hydrogen (secondary N) is 2. The van der Waals surface area contributed by atoms with Gasteiger partial charge in [0.15, 0.2) is 5.96 Å². The van der Waals surface area contributed by atoms with Crippen molar-refractivity contribution in [2.24, 2.45) is 4.99 Å². The largest absolute Gasteiger partial charge is 0.354 e. The van der Waals surface area contributed by atoms with Crippen LogP contribution in [0.25, 0.3) is 5.69 Å². The normalized spacial score (nSPS) is 17.3. The summed E-state index contributed by atoms with van der Waals surface area (Å²) in [5, 5.41) is 11.9. The van der Waals surface area contributed by atoms with Gasteiger partial charge >= 0.3 is 0 Å². The molecule has 2 heterocycles.